The second kappa shape index (κ2) is 5.40. The SMILES string of the molecule is Cc1ccc2nc(CCCl)n(C3CCCNC3=O)c2n1. The number of hydrogen-bond acceptors (Lipinski definition) is 3. The Morgan fingerprint density at radius 2 is 2.30 bits per heavy atom. The molecule has 5 nitrogen and oxygen atoms in total. The summed E-state index contributed by atoms with van der Waals surface area (Å²) in [6.07, 6.45) is 2.44. The van der Waals surface area contributed by atoms with Crippen LogP contribution in [0.5, 0.6) is 0 Å². The number of amides is 1. The van der Waals surface area contributed by atoms with Crippen molar-refractivity contribution < 1.29 is 4.79 Å². The molecule has 0 aromatic carbocycles. The van der Waals surface area contributed by atoms with E-state index in [1.165, 1.54) is 0 Å². The van der Waals surface area contributed by atoms with E-state index in [0.29, 0.717) is 12.3 Å². The summed E-state index contributed by atoms with van der Waals surface area (Å²) in [7, 11) is 0. The van der Waals surface area contributed by atoms with Gasteiger partial charge in [0.2, 0.25) is 5.91 Å². The third-order valence-corrected chi connectivity index (χ3v) is 3.82. The normalized spacial score (nSPS) is 19.3. The molecule has 0 aliphatic carbocycles. The van der Waals surface area contributed by atoms with E-state index in [9.17, 15) is 4.79 Å². The smallest absolute Gasteiger partial charge is 0.243 e. The van der Waals surface area contributed by atoms with Gasteiger partial charge in [-0.05, 0) is 31.9 Å². The molecule has 0 radical (unpaired) electrons. The topological polar surface area (TPSA) is 59.8 Å². The van der Waals surface area contributed by atoms with Gasteiger partial charge in [-0.25, -0.2) is 9.97 Å². The van der Waals surface area contributed by atoms with Gasteiger partial charge in [0.15, 0.2) is 5.65 Å². The van der Waals surface area contributed by atoms with Crippen LogP contribution in [0.15, 0.2) is 12.1 Å². The first kappa shape index (κ1) is 13.4. The van der Waals surface area contributed by atoms with Crippen LogP contribution < -0.4 is 5.32 Å². The highest BCUT2D eigenvalue weighted by Crippen LogP contribution is 2.26. The van der Waals surface area contributed by atoms with E-state index >= 15 is 0 Å². The number of hydrogen-bond donors (Lipinski definition) is 1. The maximum Gasteiger partial charge on any atom is 0.243 e. The Hall–Kier alpha value is -1.62. The summed E-state index contributed by atoms with van der Waals surface area (Å²) in [6.45, 7) is 2.69. The van der Waals surface area contributed by atoms with Crippen molar-refractivity contribution in [3.8, 4) is 0 Å². The maximum absolute atomic E-state index is 12.2. The molecule has 3 rings (SSSR count). The third-order valence-electron chi connectivity index (χ3n) is 3.64. The molecule has 1 unspecified atom stereocenters. The molecule has 2 aromatic rings. The molecule has 0 saturated carbocycles. The molecule has 1 aliphatic heterocycles. The van der Waals surface area contributed by atoms with Gasteiger partial charge in [-0.1, -0.05) is 0 Å². The molecule has 1 atom stereocenters. The molecule has 106 valence electrons. The molecule has 1 saturated heterocycles. The van der Waals surface area contributed by atoms with E-state index in [2.05, 4.69) is 15.3 Å². The lowest BCUT2D eigenvalue weighted by Gasteiger charge is -2.24. The van der Waals surface area contributed by atoms with Gasteiger partial charge in [0.1, 0.15) is 17.4 Å². The number of aromatic nitrogens is 3. The summed E-state index contributed by atoms with van der Waals surface area (Å²) in [5.41, 5.74) is 2.54. The number of nitrogens with one attached hydrogen (secondary N) is 1. The van der Waals surface area contributed by atoms with Gasteiger partial charge in [0.25, 0.3) is 0 Å². The zero-order chi connectivity index (χ0) is 14.1. The molecule has 0 bridgehead atoms. The fourth-order valence-electron chi connectivity index (χ4n) is 2.71. The number of halogens is 1. The highest BCUT2D eigenvalue weighted by molar-refractivity contribution is 6.17. The molecular formula is C14H17ClN4O. The van der Waals surface area contributed by atoms with E-state index < -0.39 is 0 Å². The van der Waals surface area contributed by atoms with Crippen molar-refractivity contribution in [3.05, 3.63) is 23.7 Å². The monoisotopic (exact) mass is 292 g/mol. The third kappa shape index (κ3) is 2.26. The highest BCUT2D eigenvalue weighted by Gasteiger charge is 2.28. The Morgan fingerprint density at radius 1 is 1.45 bits per heavy atom. The van der Waals surface area contributed by atoms with Crippen LogP contribution in [0, 0.1) is 6.92 Å². The van der Waals surface area contributed by atoms with Crippen LogP contribution in [0.3, 0.4) is 0 Å². The number of fused-ring (bicyclic) bond motifs is 1. The predicted octanol–water partition coefficient (Wildman–Crippen LogP) is 1.97. The maximum atomic E-state index is 12.2. The van der Waals surface area contributed by atoms with Crippen molar-refractivity contribution in [3.63, 3.8) is 0 Å². The van der Waals surface area contributed by atoms with Gasteiger partial charge in [-0.2, -0.15) is 0 Å². The Kier molecular flexibility index (Phi) is 3.61. The van der Waals surface area contributed by atoms with Gasteiger partial charge in [0, 0.05) is 24.5 Å². The summed E-state index contributed by atoms with van der Waals surface area (Å²) in [5, 5.41) is 2.92. The summed E-state index contributed by atoms with van der Waals surface area (Å²) in [4.78, 5) is 21.3. The summed E-state index contributed by atoms with van der Waals surface area (Å²) in [5.74, 6) is 1.38. The van der Waals surface area contributed by atoms with Crippen molar-refractivity contribution in [2.24, 2.45) is 0 Å². The van der Waals surface area contributed by atoms with E-state index in [4.69, 9.17) is 11.6 Å². The molecule has 6 heteroatoms. The Balaban J connectivity index is 2.16. The quantitative estimate of drug-likeness (QED) is 0.880. The van der Waals surface area contributed by atoms with Crippen LogP contribution in [-0.4, -0.2) is 32.9 Å². The van der Waals surface area contributed by atoms with E-state index in [1.807, 2.05) is 23.6 Å². The average Bonchev–Trinajstić information content (AvgIpc) is 2.77. The summed E-state index contributed by atoms with van der Waals surface area (Å²) >= 11 is 5.87. The predicted molar refractivity (Wildman–Crippen MR) is 78.0 cm³/mol. The zero-order valence-corrected chi connectivity index (χ0v) is 12.2. The Bertz CT molecular complexity index is 652. The lowest BCUT2D eigenvalue weighted by molar-refractivity contribution is -0.125. The first-order chi connectivity index (χ1) is 9.70. The molecule has 1 aliphatic rings. The van der Waals surface area contributed by atoms with Crippen molar-refractivity contribution in [1.82, 2.24) is 19.9 Å². The largest absolute Gasteiger partial charge is 0.354 e. The number of aryl methyl sites for hydroxylation is 2. The first-order valence-electron chi connectivity index (χ1n) is 6.89. The number of piperidine rings is 1. The molecule has 1 N–H and O–H groups in total. The lowest BCUT2D eigenvalue weighted by atomic mass is 10.1. The minimum Gasteiger partial charge on any atom is -0.354 e. The van der Waals surface area contributed by atoms with Crippen LogP contribution in [0.2, 0.25) is 0 Å². The number of imidazole rings is 1. The van der Waals surface area contributed by atoms with Gasteiger partial charge >= 0.3 is 0 Å². The molecule has 0 spiro atoms. The van der Waals surface area contributed by atoms with Crippen molar-refractivity contribution in [1.29, 1.82) is 0 Å². The fourth-order valence-corrected chi connectivity index (χ4v) is 2.88. The van der Waals surface area contributed by atoms with Gasteiger partial charge in [-0.3, -0.25) is 9.36 Å². The minimum atomic E-state index is -0.221. The molecule has 1 amide bonds. The standard InChI is InChI=1S/C14H17ClN4O/c1-9-4-5-10-13(17-9)19(12(18-10)6-7-15)11-3-2-8-16-14(11)20/h4-5,11H,2-3,6-8H2,1H3,(H,16,20). The zero-order valence-electron chi connectivity index (χ0n) is 11.4. The minimum absolute atomic E-state index is 0.0506. The van der Waals surface area contributed by atoms with Crippen molar-refractivity contribution >= 4 is 28.7 Å². The van der Waals surface area contributed by atoms with Crippen LogP contribution >= 0.6 is 11.6 Å². The summed E-state index contributed by atoms with van der Waals surface area (Å²) < 4.78 is 1.97. The van der Waals surface area contributed by atoms with Crippen LogP contribution in [-0.2, 0) is 11.2 Å². The average molecular weight is 293 g/mol. The number of rotatable bonds is 3. The molecular weight excluding hydrogens is 276 g/mol. The van der Waals surface area contributed by atoms with Crippen molar-refractivity contribution in [2.75, 3.05) is 12.4 Å². The van der Waals surface area contributed by atoms with E-state index in [-0.39, 0.29) is 11.9 Å². The van der Waals surface area contributed by atoms with Crippen LogP contribution in [0.25, 0.3) is 11.2 Å². The van der Waals surface area contributed by atoms with Crippen LogP contribution in [0.4, 0.5) is 0 Å². The number of pyridine rings is 1. The van der Waals surface area contributed by atoms with Gasteiger partial charge in [0.05, 0.1) is 0 Å². The van der Waals surface area contributed by atoms with Gasteiger partial charge in [-0.15, -0.1) is 11.6 Å². The number of carbonyl (C=O) groups is 1. The molecule has 1 fully saturated rings. The van der Waals surface area contributed by atoms with Crippen LogP contribution in [0.1, 0.15) is 30.4 Å². The summed E-state index contributed by atoms with van der Waals surface area (Å²) in [6, 6.07) is 3.67. The van der Waals surface area contributed by atoms with Gasteiger partial charge < -0.3 is 5.32 Å². The first-order valence-corrected chi connectivity index (χ1v) is 7.42. The number of carbonyl (C=O) groups excluding carboxylic acids is 1. The Labute approximate surface area is 122 Å². The molecule has 2 aromatic heterocycles. The number of alkyl halides is 1. The second-order valence-corrected chi connectivity index (χ2v) is 5.46. The Morgan fingerprint density at radius 3 is 3.05 bits per heavy atom. The fraction of sp³-hybridized carbons (Fsp3) is 0.500. The van der Waals surface area contributed by atoms with E-state index in [0.717, 1.165) is 42.1 Å². The lowest BCUT2D eigenvalue weighted by Crippen LogP contribution is -2.38. The molecule has 3 heterocycles. The van der Waals surface area contributed by atoms with E-state index in [1.54, 1.807) is 0 Å². The highest BCUT2D eigenvalue weighted by atomic mass is 35.5. The second-order valence-electron chi connectivity index (χ2n) is 5.08. The number of nitrogens with zero attached hydrogens (tertiary/aromatic N) is 3. The van der Waals surface area contributed by atoms with Crippen molar-refractivity contribution in [2.45, 2.75) is 32.2 Å². The molecule has 20 heavy (non-hydrogen) atoms.